The highest BCUT2D eigenvalue weighted by Crippen LogP contribution is 2.28. The standard InChI is InChI=1S/C20H24N2O5/c1-4-21(13-14-23)15-8-10-16(11-9-15)22-12-6-5-7-17(19(24)26-2)18(22)20(25)27-3/h5-12,23H,4,13-14H2,1-3H3. The van der Waals surface area contributed by atoms with E-state index in [4.69, 9.17) is 9.47 Å². The number of esters is 2. The van der Waals surface area contributed by atoms with E-state index in [0.29, 0.717) is 12.2 Å². The number of ether oxygens (including phenoxy) is 2. The van der Waals surface area contributed by atoms with Gasteiger partial charge in [0.15, 0.2) is 0 Å². The number of anilines is 2. The number of carbonyl (C=O) groups is 2. The zero-order chi connectivity index (χ0) is 19.8. The van der Waals surface area contributed by atoms with Crippen molar-refractivity contribution in [1.82, 2.24) is 0 Å². The summed E-state index contributed by atoms with van der Waals surface area (Å²) in [5.74, 6) is -1.27. The van der Waals surface area contributed by atoms with Crippen molar-refractivity contribution in [2.75, 3.05) is 43.7 Å². The van der Waals surface area contributed by atoms with E-state index in [1.807, 2.05) is 36.1 Å². The van der Waals surface area contributed by atoms with Crippen molar-refractivity contribution in [1.29, 1.82) is 0 Å². The van der Waals surface area contributed by atoms with Gasteiger partial charge in [0, 0.05) is 30.7 Å². The molecule has 0 radical (unpaired) electrons. The second-order valence-electron chi connectivity index (χ2n) is 5.64. The smallest absolute Gasteiger partial charge is 0.355 e. The summed E-state index contributed by atoms with van der Waals surface area (Å²) in [7, 11) is 2.52. The Morgan fingerprint density at radius 3 is 2.30 bits per heavy atom. The molecule has 1 aliphatic rings. The third-order valence-electron chi connectivity index (χ3n) is 4.13. The first-order valence-corrected chi connectivity index (χ1v) is 8.58. The van der Waals surface area contributed by atoms with Crippen LogP contribution >= 0.6 is 0 Å². The molecule has 0 amide bonds. The molecule has 7 heteroatoms. The van der Waals surface area contributed by atoms with Gasteiger partial charge in [0.25, 0.3) is 0 Å². The van der Waals surface area contributed by atoms with E-state index < -0.39 is 11.9 Å². The van der Waals surface area contributed by atoms with Crippen LogP contribution in [0.3, 0.4) is 0 Å². The monoisotopic (exact) mass is 372 g/mol. The highest BCUT2D eigenvalue weighted by atomic mass is 16.5. The van der Waals surface area contributed by atoms with E-state index in [2.05, 4.69) is 0 Å². The fourth-order valence-corrected chi connectivity index (χ4v) is 2.78. The van der Waals surface area contributed by atoms with E-state index in [0.717, 1.165) is 12.2 Å². The van der Waals surface area contributed by atoms with Gasteiger partial charge in [-0.05, 0) is 43.3 Å². The first-order chi connectivity index (χ1) is 13.1. The molecule has 0 aliphatic carbocycles. The summed E-state index contributed by atoms with van der Waals surface area (Å²) in [5, 5.41) is 9.18. The molecule has 1 N–H and O–H groups in total. The highest BCUT2D eigenvalue weighted by molar-refractivity contribution is 6.05. The van der Waals surface area contributed by atoms with Gasteiger partial charge in [-0.3, -0.25) is 0 Å². The molecule has 0 spiro atoms. The number of nitrogens with zero attached hydrogens (tertiary/aromatic N) is 2. The second-order valence-corrected chi connectivity index (χ2v) is 5.64. The maximum absolute atomic E-state index is 12.4. The Kier molecular flexibility index (Phi) is 7.19. The molecule has 0 saturated carbocycles. The van der Waals surface area contributed by atoms with E-state index in [1.54, 1.807) is 23.3 Å². The van der Waals surface area contributed by atoms with Crippen LogP contribution in [0.25, 0.3) is 0 Å². The van der Waals surface area contributed by atoms with Crippen LogP contribution < -0.4 is 9.80 Å². The average molecular weight is 372 g/mol. The molecule has 0 atom stereocenters. The topological polar surface area (TPSA) is 79.3 Å². The summed E-state index contributed by atoms with van der Waals surface area (Å²) >= 11 is 0. The summed E-state index contributed by atoms with van der Waals surface area (Å²) in [4.78, 5) is 28.2. The van der Waals surface area contributed by atoms with Crippen LogP contribution in [0, 0.1) is 0 Å². The van der Waals surface area contributed by atoms with Gasteiger partial charge in [-0.1, -0.05) is 6.08 Å². The SMILES string of the molecule is CCN(CCO)c1ccc(N2C=CC=CC(C(=O)OC)=C2C(=O)OC)cc1. The lowest BCUT2D eigenvalue weighted by atomic mass is 10.1. The molecule has 2 rings (SSSR count). The first-order valence-electron chi connectivity index (χ1n) is 8.58. The number of rotatable bonds is 7. The second kappa shape index (κ2) is 9.59. The third kappa shape index (κ3) is 4.57. The van der Waals surface area contributed by atoms with Crippen LogP contribution in [0.15, 0.2) is 60.0 Å². The maximum atomic E-state index is 12.4. The van der Waals surface area contributed by atoms with Crippen LogP contribution in [-0.4, -0.2) is 51.0 Å². The molecule has 7 nitrogen and oxygen atoms in total. The minimum atomic E-state index is -0.647. The van der Waals surface area contributed by atoms with E-state index in [-0.39, 0.29) is 17.9 Å². The van der Waals surface area contributed by atoms with Gasteiger partial charge in [0.2, 0.25) is 0 Å². The van der Waals surface area contributed by atoms with Crippen molar-refractivity contribution in [2.24, 2.45) is 0 Å². The van der Waals surface area contributed by atoms with Crippen LogP contribution in [0.4, 0.5) is 11.4 Å². The predicted octanol–water partition coefficient (Wildman–Crippen LogP) is 2.00. The molecule has 0 fully saturated rings. The quantitative estimate of drug-likeness (QED) is 0.733. The van der Waals surface area contributed by atoms with Gasteiger partial charge in [-0.15, -0.1) is 0 Å². The van der Waals surface area contributed by atoms with Gasteiger partial charge < -0.3 is 24.4 Å². The van der Waals surface area contributed by atoms with Crippen molar-refractivity contribution < 1.29 is 24.2 Å². The lowest BCUT2D eigenvalue weighted by molar-refractivity contribution is -0.139. The van der Waals surface area contributed by atoms with Gasteiger partial charge in [0.1, 0.15) is 5.70 Å². The molecule has 1 heterocycles. The number of hydrogen-bond acceptors (Lipinski definition) is 7. The molecule has 1 aromatic rings. The normalized spacial score (nSPS) is 13.4. The Morgan fingerprint density at radius 1 is 1.07 bits per heavy atom. The summed E-state index contributed by atoms with van der Waals surface area (Å²) in [6, 6.07) is 7.46. The van der Waals surface area contributed by atoms with Crippen LogP contribution in [0.2, 0.25) is 0 Å². The van der Waals surface area contributed by atoms with Crippen molar-refractivity contribution >= 4 is 23.3 Å². The van der Waals surface area contributed by atoms with Crippen LogP contribution in [0.1, 0.15) is 6.92 Å². The fourth-order valence-electron chi connectivity index (χ4n) is 2.78. The van der Waals surface area contributed by atoms with E-state index in [1.165, 1.54) is 20.3 Å². The third-order valence-corrected chi connectivity index (χ3v) is 4.13. The van der Waals surface area contributed by atoms with Crippen LogP contribution in [0.5, 0.6) is 0 Å². The Bertz CT molecular complexity index is 765. The van der Waals surface area contributed by atoms with Crippen molar-refractivity contribution in [2.45, 2.75) is 6.92 Å². The minimum absolute atomic E-state index is 0.0633. The summed E-state index contributed by atoms with van der Waals surface area (Å²) in [5.41, 5.74) is 1.81. The molecule has 0 unspecified atom stereocenters. The van der Waals surface area contributed by atoms with E-state index >= 15 is 0 Å². The average Bonchev–Trinajstić information content (AvgIpc) is 2.94. The number of benzene rings is 1. The molecule has 27 heavy (non-hydrogen) atoms. The van der Waals surface area contributed by atoms with Crippen molar-refractivity contribution in [3.8, 4) is 0 Å². The largest absolute Gasteiger partial charge is 0.465 e. The Morgan fingerprint density at radius 2 is 1.74 bits per heavy atom. The molecule has 0 saturated heterocycles. The number of carbonyl (C=O) groups excluding carboxylic acids is 2. The number of hydrogen-bond donors (Lipinski definition) is 1. The molecule has 0 bridgehead atoms. The predicted molar refractivity (Wildman–Crippen MR) is 103 cm³/mol. The number of aliphatic hydroxyl groups is 1. The van der Waals surface area contributed by atoms with Gasteiger partial charge in [-0.25, -0.2) is 9.59 Å². The Labute approximate surface area is 158 Å². The molecule has 1 aromatic carbocycles. The van der Waals surface area contributed by atoms with Gasteiger partial charge >= 0.3 is 11.9 Å². The number of methoxy groups -OCH3 is 2. The summed E-state index contributed by atoms with van der Waals surface area (Å²) in [6.07, 6.45) is 6.57. The molecule has 144 valence electrons. The lowest BCUT2D eigenvalue weighted by Gasteiger charge is -2.25. The molecular formula is C20H24N2O5. The molecule has 0 aromatic heterocycles. The zero-order valence-corrected chi connectivity index (χ0v) is 15.7. The molecular weight excluding hydrogens is 348 g/mol. The highest BCUT2D eigenvalue weighted by Gasteiger charge is 2.27. The maximum Gasteiger partial charge on any atom is 0.355 e. The molecule has 1 aliphatic heterocycles. The number of aliphatic hydroxyl groups excluding tert-OH is 1. The number of likely N-dealkylation sites (N-methyl/N-ethyl adjacent to an activating group) is 1. The minimum Gasteiger partial charge on any atom is -0.465 e. The van der Waals surface area contributed by atoms with Gasteiger partial charge in [0.05, 0.1) is 26.4 Å². The number of allylic oxidation sites excluding steroid dienone is 2. The summed E-state index contributed by atoms with van der Waals surface area (Å²) in [6.45, 7) is 3.36. The van der Waals surface area contributed by atoms with Crippen LogP contribution in [-0.2, 0) is 19.1 Å². The van der Waals surface area contributed by atoms with Crippen molar-refractivity contribution in [3.05, 3.63) is 60.0 Å². The van der Waals surface area contributed by atoms with E-state index in [9.17, 15) is 14.7 Å². The summed E-state index contributed by atoms with van der Waals surface area (Å²) < 4.78 is 9.69. The Hall–Kier alpha value is -3.06. The fraction of sp³-hybridized carbons (Fsp3) is 0.300. The zero-order valence-electron chi connectivity index (χ0n) is 15.7. The Balaban J connectivity index is 2.47. The first kappa shape index (κ1) is 20.3. The van der Waals surface area contributed by atoms with Gasteiger partial charge in [-0.2, -0.15) is 0 Å². The lowest BCUT2D eigenvalue weighted by Crippen LogP contribution is -2.27. The van der Waals surface area contributed by atoms with Crippen molar-refractivity contribution in [3.63, 3.8) is 0 Å².